The number of carbonyl (C=O) groups is 3. The summed E-state index contributed by atoms with van der Waals surface area (Å²) < 4.78 is 21.0. The molecular weight excluding hydrogens is 514 g/mol. The van der Waals surface area contributed by atoms with Crippen LogP contribution in [0.1, 0.15) is 55.2 Å². The Morgan fingerprint density at radius 3 is 1.80 bits per heavy atom. The van der Waals surface area contributed by atoms with E-state index in [0.29, 0.717) is 0 Å². The van der Waals surface area contributed by atoms with E-state index in [2.05, 4.69) is 15.6 Å². The highest BCUT2D eigenvalue weighted by Crippen LogP contribution is 2.32. The van der Waals surface area contributed by atoms with Gasteiger partial charge < -0.3 is 29.6 Å². The number of methoxy groups -OCH3 is 3. The lowest BCUT2D eigenvalue weighted by atomic mass is 9.85. The molecule has 0 saturated carbocycles. The Bertz CT molecular complexity index is 1290. The molecule has 0 aliphatic carbocycles. The summed E-state index contributed by atoms with van der Waals surface area (Å²) in [5.41, 5.74) is 0.394. The molecule has 10 nitrogen and oxygen atoms in total. The molecule has 0 bridgehead atoms. The Morgan fingerprint density at radius 1 is 0.825 bits per heavy atom. The van der Waals surface area contributed by atoms with E-state index >= 15 is 0 Å². The monoisotopic (exact) mass is 549 g/mol. The minimum atomic E-state index is -1.35. The third-order valence-corrected chi connectivity index (χ3v) is 6.35. The Labute approximate surface area is 234 Å². The van der Waals surface area contributed by atoms with Crippen molar-refractivity contribution in [1.82, 2.24) is 15.6 Å². The highest BCUT2D eigenvalue weighted by Gasteiger charge is 2.34. The van der Waals surface area contributed by atoms with Crippen molar-refractivity contribution in [3.05, 3.63) is 77.6 Å². The van der Waals surface area contributed by atoms with Crippen molar-refractivity contribution in [2.45, 2.75) is 45.2 Å². The zero-order valence-electron chi connectivity index (χ0n) is 23.7. The van der Waals surface area contributed by atoms with Gasteiger partial charge in [0.1, 0.15) is 17.0 Å². The summed E-state index contributed by atoms with van der Waals surface area (Å²) in [4.78, 5) is 42.4. The van der Waals surface area contributed by atoms with Crippen molar-refractivity contribution in [3.63, 3.8) is 0 Å². The number of nitrogens with one attached hydrogen (secondary N) is 2. The average Bonchev–Trinajstić information content (AvgIpc) is 2.93. The normalized spacial score (nSPS) is 11.8. The largest absolute Gasteiger partial charge is 0.497 e. The third-order valence-electron chi connectivity index (χ3n) is 6.35. The minimum absolute atomic E-state index is 0.126. The van der Waals surface area contributed by atoms with Gasteiger partial charge in [0.25, 0.3) is 5.91 Å². The summed E-state index contributed by atoms with van der Waals surface area (Å²) in [5, 5.41) is 5.75. The number of amides is 2. The van der Waals surface area contributed by atoms with E-state index in [1.807, 2.05) is 55.5 Å². The molecule has 0 aliphatic heterocycles. The van der Waals surface area contributed by atoms with Crippen LogP contribution in [-0.4, -0.2) is 55.7 Å². The van der Waals surface area contributed by atoms with Gasteiger partial charge in [0.2, 0.25) is 11.7 Å². The zero-order valence-corrected chi connectivity index (χ0v) is 23.7. The molecule has 0 spiro atoms. The Hall–Kier alpha value is -4.60. The summed E-state index contributed by atoms with van der Waals surface area (Å²) in [5.74, 6) is -0.514. The van der Waals surface area contributed by atoms with Crippen LogP contribution in [0.4, 0.5) is 0 Å². The number of carbonyl (C=O) groups excluding carboxylic acids is 3. The number of esters is 1. The number of ether oxygens (including phenoxy) is 4. The SMILES string of the molecule is COc1ccc(C(c2ccc(OC)cc2)[C@H](C)NC(=O)C(C)(C)NC(=O)c2nccc(OC)c2OC(C)=O)cc1. The molecule has 0 unspecified atom stereocenters. The predicted molar refractivity (Wildman–Crippen MR) is 149 cm³/mol. The highest BCUT2D eigenvalue weighted by atomic mass is 16.6. The number of hydrogen-bond donors (Lipinski definition) is 2. The molecule has 2 aromatic carbocycles. The smallest absolute Gasteiger partial charge is 0.308 e. The van der Waals surface area contributed by atoms with Gasteiger partial charge >= 0.3 is 5.97 Å². The van der Waals surface area contributed by atoms with E-state index in [4.69, 9.17) is 18.9 Å². The highest BCUT2D eigenvalue weighted by molar-refractivity contribution is 6.00. The molecule has 0 aliphatic rings. The van der Waals surface area contributed by atoms with Crippen LogP contribution in [0.3, 0.4) is 0 Å². The van der Waals surface area contributed by atoms with Crippen LogP contribution in [0.5, 0.6) is 23.0 Å². The van der Waals surface area contributed by atoms with Gasteiger partial charge in [-0.25, -0.2) is 4.98 Å². The second-order valence-electron chi connectivity index (χ2n) is 9.65. The first-order valence-corrected chi connectivity index (χ1v) is 12.6. The molecule has 10 heteroatoms. The minimum Gasteiger partial charge on any atom is -0.497 e. The molecule has 40 heavy (non-hydrogen) atoms. The molecule has 1 aromatic heterocycles. The quantitative estimate of drug-likeness (QED) is 0.345. The van der Waals surface area contributed by atoms with Gasteiger partial charge in [-0.2, -0.15) is 0 Å². The lowest BCUT2D eigenvalue weighted by Gasteiger charge is -2.31. The van der Waals surface area contributed by atoms with Gasteiger partial charge in [-0.05, 0) is 56.2 Å². The Kier molecular flexibility index (Phi) is 9.71. The summed E-state index contributed by atoms with van der Waals surface area (Å²) in [6, 6.07) is 16.4. The predicted octanol–water partition coefficient (Wildman–Crippen LogP) is 3.88. The van der Waals surface area contributed by atoms with Gasteiger partial charge in [-0.1, -0.05) is 24.3 Å². The fraction of sp³-hybridized carbons (Fsp3) is 0.333. The van der Waals surface area contributed by atoms with E-state index in [0.717, 1.165) is 22.6 Å². The van der Waals surface area contributed by atoms with Crippen molar-refractivity contribution in [3.8, 4) is 23.0 Å². The molecule has 3 rings (SSSR count). The van der Waals surface area contributed by atoms with Crippen molar-refractivity contribution in [2.75, 3.05) is 21.3 Å². The van der Waals surface area contributed by atoms with Crippen molar-refractivity contribution in [1.29, 1.82) is 0 Å². The van der Waals surface area contributed by atoms with E-state index in [1.54, 1.807) is 28.1 Å². The fourth-order valence-corrected chi connectivity index (χ4v) is 4.26. The number of pyridine rings is 1. The Morgan fingerprint density at radius 2 is 1.35 bits per heavy atom. The van der Waals surface area contributed by atoms with Crippen molar-refractivity contribution in [2.24, 2.45) is 0 Å². The molecule has 1 heterocycles. The average molecular weight is 550 g/mol. The second-order valence-corrected chi connectivity index (χ2v) is 9.65. The fourth-order valence-electron chi connectivity index (χ4n) is 4.26. The van der Waals surface area contributed by atoms with Crippen LogP contribution < -0.4 is 29.6 Å². The molecule has 1 atom stereocenters. The van der Waals surface area contributed by atoms with Crippen LogP contribution in [0, 0.1) is 0 Å². The molecule has 3 aromatic rings. The van der Waals surface area contributed by atoms with E-state index < -0.39 is 23.3 Å². The lowest BCUT2D eigenvalue weighted by molar-refractivity contribution is -0.132. The molecule has 0 saturated heterocycles. The number of nitrogens with zero attached hydrogens (tertiary/aromatic N) is 1. The van der Waals surface area contributed by atoms with Gasteiger partial charge in [-0.15, -0.1) is 0 Å². The van der Waals surface area contributed by atoms with Crippen LogP contribution >= 0.6 is 0 Å². The van der Waals surface area contributed by atoms with Crippen LogP contribution in [0.25, 0.3) is 0 Å². The lowest BCUT2D eigenvalue weighted by Crippen LogP contribution is -2.57. The summed E-state index contributed by atoms with van der Waals surface area (Å²) in [6.45, 7) is 6.26. The number of aromatic nitrogens is 1. The number of rotatable bonds is 11. The molecular formula is C30H35N3O7. The van der Waals surface area contributed by atoms with Gasteiger partial charge in [0, 0.05) is 31.1 Å². The van der Waals surface area contributed by atoms with Gasteiger partial charge in [-0.3, -0.25) is 14.4 Å². The van der Waals surface area contributed by atoms with Crippen LogP contribution in [0.2, 0.25) is 0 Å². The Balaban J connectivity index is 1.85. The first kappa shape index (κ1) is 29.9. The van der Waals surface area contributed by atoms with Gasteiger partial charge in [0.05, 0.1) is 21.3 Å². The van der Waals surface area contributed by atoms with E-state index in [-0.39, 0.29) is 29.2 Å². The zero-order chi connectivity index (χ0) is 29.4. The standard InChI is InChI=1S/C30H35N3O7/c1-18(25(20-8-12-22(37-5)13-9-20)21-10-14-23(38-6)15-11-21)32-29(36)30(3,4)33-28(35)26-27(40-19(2)34)24(39-7)16-17-31-26/h8-18,25H,1-7H3,(H,32,36)(H,33,35)/t18-/m0/s1. The second kappa shape index (κ2) is 13.0. The number of hydrogen-bond acceptors (Lipinski definition) is 8. The molecule has 212 valence electrons. The molecule has 0 fully saturated rings. The van der Waals surface area contributed by atoms with Crippen LogP contribution in [0.15, 0.2) is 60.8 Å². The van der Waals surface area contributed by atoms with Gasteiger partial charge in [0.15, 0.2) is 11.4 Å². The van der Waals surface area contributed by atoms with E-state index in [1.165, 1.54) is 26.3 Å². The summed E-state index contributed by atoms with van der Waals surface area (Å²) in [7, 11) is 4.59. The summed E-state index contributed by atoms with van der Waals surface area (Å²) in [6.07, 6.45) is 1.35. The van der Waals surface area contributed by atoms with Crippen molar-refractivity contribution < 1.29 is 33.3 Å². The topological polar surface area (TPSA) is 125 Å². The molecule has 2 amide bonds. The third kappa shape index (κ3) is 7.07. The summed E-state index contributed by atoms with van der Waals surface area (Å²) >= 11 is 0. The van der Waals surface area contributed by atoms with E-state index in [9.17, 15) is 14.4 Å². The maximum Gasteiger partial charge on any atom is 0.308 e. The first-order chi connectivity index (χ1) is 19.0. The molecule has 2 N–H and O–H groups in total. The number of benzene rings is 2. The maximum absolute atomic E-state index is 13.5. The molecule has 0 radical (unpaired) electrons. The van der Waals surface area contributed by atoms with Crippen LogP contribution in [-0.2, 0) is 9.59 Å². The van der Waals surface area contributed by atoms with Crippen molar-refractivity contribution >= 4 is 17.8 Å². The first-order valence-electron chi connectivity index (χ1n) is 12.6. The maximum atomic E-state index is 13.5.